The summed E-state index contributed by atoms with van der Waals surface area (Å²) in [4.78, 5) is 13.5. The monoisotopic (exact) mass is 326 g/mol. The van der Waals surface area contributed by atoms with Crippen molar-refractivity contribution in [3.63, 3.8) is 0 Å². The Morgan fingerprint density at radius 2 is 1.86 bits per heavy atom. The molecule has 0 bridgehead atoms. The molecule has 0 radical (unpaired) electrons. The summed E-state index contributed by atoms with van der Waals surface area (Å²) in [7, 11) is 0. The number of alkyl carbamates (subject to hydrolysis) is 1. The van der Waals surface area contributed by atoms with Gasteiger partial charge >= 0.3 is 12.3 Å². The molecule has 1 amide bonds. The minimum Gasteiger partial charge on any atom is -0.444 e. The van der Waals surface area contributed by atoms with Crippen molar-refractivity contribution in [2.75, 3.05) is 26.2 Å². The molecule has 1 unspecified atom stereocenters. The van der Waals surface area contributed by atoms with Crippen LogP contribution in [0.3, 0.4) is 0 Å². The molecule has 0 aliphatic carbocycles. The molecule has 0 saturated carbocycles. The van der Waals surface area contributed by atoms with Gasteiger partial charge in [-0.3, -0.25) is 0 Å². The summed E-state index contributed by atoms with van der Waals surface area (Å²) in [5.74, 6) is -1.25. The number of halogens is 3. The van der Waals surface area contributed by atoms with Crippen LogP contribution >= 0.6 is 0 Å². The number of piperidine rings is 1. The zero-order valence-electron chi connectivity index (χ0n) is 13.2. The Kier molecular flexibility index (Phi) is 6.49. The summed E-state index contributed by atoms with van der Waals surface area (Å²) >= 11 is 0. The first-order valence-corrected chi connectivity index (χ1v) is 7.40. The molecule has 0 aromatic carbocycles. The molecule has 1 heterocycles. The van der Waals surface area contributed by atoms with E-state index in [9.17, 15) is 23.1 Å². The molecular weight excluding hydrogens is 301 g/mol. The number of amides is 1. The Hall–Kier alpha value is -1.02. The third kappa shape index (κ3) is 6.83. The van der Waals surface area contributed by atoms with Gasteiger partial charge in [-0.2, -0.15) is 13.2 Å². The number of rotatable bonds is 4. The highest BCUT2D eigenvalue weighted by molar-refractivity contribution is 5.68. The van der Waals surface area contributed by atoms with Crippen LogP contribution in [-0.4, -0.2) is 60.2 Å². The summed E-state index contributed by atoms with van der Waals surface area (Å²) in [6.07, 6.45) is -4.68. The summed E-state index contributed by atoms with van der Waals surface area (Å²) in [5.41, 5.74) is -0.644. The molecular formula is C14H25F3N2O3. The number of aliphatic hydroxyl groups is 1. The standard InChI is InChI=1S/C14H25F3N2O3/c1-13(2,3)22-12(21)18-11(9-20)8-19-6-4-10(5-7-19)14(15,16)17/h10-11,20H,4-9H2,1-3H3,(H,18,21). The van der Waals surface area contributed by atoms with Gasteiger partial charge in [0.05, 0.1) is 18.6 Å². The minimum atomic E-state index is -4.14. The summed E-state index contributed by atoms with van der Waals surface area (Å²) in [6.45, 7) is 5.79. The average molecular weight is 326 g/mol. The Bertz CT molecular complexity index is 361. The normalized spacial score (nSPS) is 19.8. The molecule has 1 rings (SSSR count). The van der Waals surface area contributed by atoms with E-state index in [-0.39, 0.29) is 19.4 Å². The molecule has 1 aliphatic heterocycles. The summed E-state index contributed by atoms with van der Waals surface area (Å²) in [5, 5.41) is 11.8. The van der Waals surface area contributed by atoms with Crippen molar-refractivity contribution in [3.05, 3.63) is 0 Å². The van der Waals surface area contributed by atoms with Gasteiger partial charge in [0.2, 0.25) is 0 Å². The highest BCUT2D eigenvalue weighted by Gasteiger charge is 2.41. The van der Waals surface area contributed by atoms with Gasteiger partial charge in [-0.05, 0) is 46.7 Å². The molecule has 0 aromatic rings. The number of nitrogens with zero attached hydrogens (tertiary/aromatic N) is 1. The van der Waals surface area contributed by atoms with Gasteiger partial charge in [-0.25, -0.2) is 4.79 Å². The van der Waals surface area contributed by atoms with Gasteiger partial charge in [-0.1, -0.05) is 0 Å². The molecule has 1 fully saturated rings. The number of aliphatic hydroxyl groups excluding tert-OH is 1. The van der Waals surface area contributed by atoms with Crippen LogP contribution in [0.25, 0.3) is 0 Å². The van der Waals surface area contributed by atoms with Gasteiger partial charge in [0, 0.05) is 6.54 Å². The van der Waals surface area contributed by atoms with E-state index in [1.807, 2.05) is 4.90 Å². The topological polar surface area (TPSA) is 61.8 Å². The summed E-state index contributed by atoms with van der Waals surface area (Å²) in [6, 6.07) is -0.558. The Labute approximate surface area is 128 Å². The van der Waals surface area contributed by atoms with Crippen molar-refractivity contribution >= 4 is 6.09 Å². The fourth-order valence-corrected chi connectivity index (χ4v) is 2.38. The number of carbonyl (C=O) groups excluding carboxylic acids is 1. The van der Waals surface area contributed by atoms with E-state index < -0.39 is 29.8 Å². The van der Waals surface area contributed by atoms with Gasteiger partial charge in [0.25, 0.3) is 0 Å². The minimum absolute atomic E-state index is 0.0497. The van der Waals surface area contributed by atoms with Crippen LogP contribution in [0.5, 0.6) is 0 Å². The maximum Gasteiger partial charge on any atom is 0.407 e. The molecule has 1 atom stereocenters. The van der Waals surface area contributed by atoms with Gasteiger partial charge < -0.3 is 20.1 Å². The quantitative estimate of drug-likeness (QED) is 0.831. The van der Waals surface area contributed by atoms with Gasteiger partial charge in [0.1, 0.15) is 5.60 Å². The number of hydrogen-bond donors (Lipinski definition) is 2. The van der Waals surface area contributed by atoms with E-state index in [1.54, 1.807) is 20.8 Å². The van der Waals surface area contributed by atoms with E-state index in [1.165, 1.54) is 0 Å². The number of carbonyl (C=O) groups is 1. The Morgan fingerprint density at radius 3 is 2.27 bits per heavy atom. The third-order valence-electron chi connectivity index (χ3n) is 3.47. The molecule has 0 aromatic heterocycles. The first-order chi connectivity index (χ1) is 10.0. The largest absolute Gasteiger partial charge is 0.444 e. The van der Waals surface area contributed by atoms with Crippen molar-refractivity contribution in [1.82, 2.24) is 10.2 Å². The Balaban J connectivity index is 2.40. The predicted octanol–water partition coefficient (Wildman–Crippen LogP) is 2.15. The fourth-order valence-electron chi connectivity index (χ4n) is 2.38. The summed E-state index contributed by atoms with van der Waals surface area (Å²) < 4.78 is 42.9. The van der Waals surface area contributed by atoms with Gasteiger partial charge in [-0.15, -0.1) is 0 Å². The van der Waals surface area contributed by atoms with E-state index in [0.717, 1.165) is 0 Å². The van der Waals surface area contributed by atoms with Crippen molar-refractivity contribution in [2.24, 2.45) is 5.92 Å². The third-order valence-corrected chi connectivity index (χ3v) is 3.47. The second-order valence-corrected chi connectivity index (χ2v) is 6.64. The lowest BCUT2D eigenvalue weighted by molar-refractivity contribution is -0.185. The predicted molar refractivity (Wildman–Crippen MR) is 75.5 cm³/mol. The van der Waals surface area contributed by atoms with Crippen LogP contribution in [0.1, 0.15) is 33.6 Å². The number of ether oxygens (including phenoxy) is 1. The van der Waals surface area contributed by atoms with E-state index in [2.05, 4.69) is 5.32 Å². The smallest absolute Gasteiger partial charge is 0.407 e. The molecule has 22 heavy (non-hydrogen) atoms. The van der Waals surface area contributed by atoms with Crippen molar-refractivity contribution in [3.8, 4) is 0 Å². The number of hydrogen-bond acceptors (Lipinski definition) is 4. The molecule has 1 saturated heterocycles. The van der Waals surface area contributed by atoms with Crippen LogP contribution in [-0.2, 0) is 4.74 Å². The second-order valence-electron chi connectivity index (χ2n) is 6.64. The number of alkyl halides is 3. The maximum absolute atomic E-state index is 12.6. The highest BCUT2D eigenvalue weighted by atomic mass is 19.4. The molecule has 2 N–H and O–H groups in total. The highest BCUT2D eigenvalue weighted by Crippen LogP contribution is 2.34. The van der Waals surface area contributed by atoms with E-state index >= 15 is 0 Å². The first-order valence-electron chi connectivity index (χ1n) is 7.40. The Morgan fingerprint density at radius 1 is 1.32 bits per heavy atom. The van der Waals surface area contributed by atoms with Crippen LogP contribution in [0.15, 0.2) is 0 Å². The van der Waals surface area contributed by atoms with Crippen LogP contribution in [0, 0.1) is 5.92 Å². The van der Waals surface area contributed by atoms with E-state index in [4.69, 9.17) is 4.74 Å². The lowest BCUT2D eigenvalue weighted by Gasteiger charge is -2.34. The fraction of sp³-hybridized carbons (Fsp3) is 0.929. The second kappa shape index (κ2) is 7.50. The first kappa shape index (κ1) is 19.0. The molecule has 130 valence electrons. The van der Waals surface area contributed by atoms with Crippen LogP contribution < -0.4 is 5.32 Å². The SMILES string of the molecule is CC(C)(C)OC(=O)NC(CO)CN1CCC(C(F)(F)F)CC1. The zero-order valence-corrected chi connectivity index (χ0v) is 13.2. The molecule has 0 spiro atoms. The number of likely N-dealkylation sites (tertiary alicyclic amines) is 1. The lowest BCUT2D eigenvalue weighted by Crippen LogP contribution is -2.49. The van der Waals surface area contributed by atoms with Crippen molar-refractivity contribution in [1.29, 1.82) is 0 Å². The molecule has 1 aliphatic rings. The van der Waals surface area contributed by atoms with E-state index in [0.29, 0.717) is 19.6 Å². The lowest BCUT2D eigenvalue weighted by atomic mass is 9.96. The zero-order chi connectivity index (χ0) is 17.0. The van der Waals surface area contributed by atoms with Crippen LogP contribution in [0.2, 0.25) is 0 Å². The maximum atomic E-state index is 12.6. The molecule has 8 heteroatoms. The average Bonchev–Trinajstić information content (AvgIpc) is 2.35. The molecule has 5 nitrogen and oxygen atoms in total. The number of nitrogens with one attached hydrogen (secondary N) is 1. The van der Waals surface area contributed by atoms with Gasteiger partial charge in [0.15, 0.2) is 0 Å². The van der Waals surface area contributed by atoms with Crippen molar-refractivity contribution in [2.45, 2.75) is 51.4 Å². The van der Waals surface area contributed by atoms with Crippen LogP contribution in [0.4, 0.5) is 18.0 Å². The van der Waals surface area contributed by atoms with Crippen molar-refractivity contribution < 1.29 is 27.8 Å².